The standard InChI is InChI=1S/C26H22ClN3O2S/c1-14-7-9-17-22(11-14)33-26(23(17)24(28)31)30-25(32)19-13-21(15-5-3-2-4-6-15)29-20-10-8-16(27)12-18(19)20/h2-6,8,10,12-14H,7,9,11H2,1H3,(H2,28,31)(H,30,32). The third kappa shape index (κ3) is 4.12. The van der Waals surface area contributed by atoms with Gasteiger partial charge in [0.05, 0.1) is 22.3 Å². The zero-order valence-corrected chi connectivity index (χ0v) is 19.6. The molecule has 166 valence electrons. The smallest absolute Gasteiger partial charge is 0.257 e. The van der Waals surface area contributed by atoms with Gasteiger partial charge in [0.25, 0.3) is 11.8 Å². The zero-order valence-electron chi connectivity index (χ0n) is 18.0. The Hall–Kier alpha value is -3.22. The summed E-state index contributed by atoms with van der Waals surface area (Å²) < 4.78 is 0. The molecule has 0 saturated carbocycles. The molecule has 0 fully saturated rings. The van der Waals surface area contributed by atoms with Crippen LogP contribution in [0, 0.1) is 5.92 Å². The maximum atomic E-state index is 13.5. The highest BCUT2D eigenvalue weighted by atomic mass is 35.5. The zero-order chi connectivity index (χ0) is 23.1. The monoisotopic (exact) mass is 475 g/mol. The molecule has 0 bridgehead atoms. The molecule has 2 heterocycles. The Balaban J connectivity index is 1.61. The van der Waals surface area contributed by atoms with Crippen LogP contribution < -0.4 is 11.1 Å². The molecule has 0 aliphatic heterocycles. The van der Waals surface area contributed by atoms with E-state index in [9.17, 15) is 9.59 Å². The van der Waals surface area contributed by atoms with Gasteiger partial charge in [-0.15, -0.1) is 11.3 Å². The summed E-state index contributed by atoms with van der Waals surface area (Å²) in [6.07, 6.45) is 2.69. The number of hydrogen-bond acceptors (Lipinski definition) is 4. The SMILES string of the molecule is CC1CCc2c(sc(NC(=O)c3cc(-c4ccccc4)nc4ccc(Cl)cc34)c2C(N)=O)C1. The molecule has 7 heteroatoms. The van der Waals surface area contributed by atoms with Gasteiger partial charge >= 0.3 is 0 Å². The van der Waals surface area contributed by atoms with Gasteiger partial charge in [0.15, 0.2) is 0 Å². The van der Waals surface area contributed by atoms with Crippen LogP contribution in [-0.2, 0) is 12.8 Å². The van der Waals surface area contributed by atoms with E-state index < -0.39 is 5.91 Å². The normalized spacial score (nSPS) is 15.3. The minimum atomic E-state index is -0.509. The van der Waals surface area contributed by atoms with E-state index in [1.165, 1.54) is 11.3 Å². The van der Waals surface area contributed by atoms with Gasteiger partial charge in [0.2, 0.25) is 0 Å². The van der Waals surface area contributed by atoms with Crippen LogP contribution in [0.1, 0.15) is 44.5 Å². The number of carbonyl (C=O) groups is 2. The number of carbonyl (C=O) groups excluding carboxylic acids is 2. The minimum absolute atomic E-state index is 0.323. The lowest BCUT2D eigenvalue weighted by molar-refractivity contribution is 0.1000. The second-order valence-electron chi connectivity index (χ2n) is 8.46. The minimum Gasteiger partial charge on any atom is -0.365 e. The number of rotatable bonds is 4. The number of nitrogens with two attached hydrogens (primary N) is 1. The van der Waals surface area contributed by atoms with Crippen LogP contribution in [0.5, 0.6) is 0 Å². The highest BCUT2D eigenvalue weighted by Gasteiger charge is 2.28. The average Bonchev–Trinajstić information content (AvgIpc) is 3.15. The second-order valence-corrected chi connectivity index (χ2v) is 10.00. The van der Waals surface area contributed by atoms with Gasteiger partial charge in [0, 0.05) is 20.8 Å². The first-order valence-corrected chi connectivity index (χ1v) is 12.0. The van der Waals surface area contributed by atoms with Crippen LogP contribution in [0.25, 0.3) is 22.2 Å². The molecule has 1 aliphatic rings. The average molecular weight is 476 g/mol. The quantitative estimate of drug-likeness (QED) is 0.374. The van der Waals surface area contributed by atoms with Gasteiger partial charge in [-0.25, -0.2) is 4.98 Å². The molecule has 2 amide bonds. The number of hydrogen-bond donors (Lipinski definition) is 2. The molecule has 5 rings (SSSR count). The van der Waals surface area contributed by atoms with Gasteiger partial charge < -0.3 is 11.1 Å². The Morgan fingerprint density at radius 2 is 1.94 bits per heavy atom. The fourth-order valence-corrected chi connectivity index (χ4v) is 6.00. The lowest BCUT2D eigenvalue weighted by atomic mass is 9.88. The first kappa shape index (κ1) is 21.6. The highest BCUT2D eigenvalue weighted by molar-refractivity contribution is 7.17. The molecule has 33 heavy (non-hydrogen) atoms. The van der Waals surface area contributed by atoms with Crippen molar-refractivity contribution in [3.05, 3.63) is 81.2 Å². The van der Waals surface area contributed by atoms with Crippen molar-refractivity contribution in [3.8, 4) is 11.3 Å². The summed E-state index contributed by atoms with van der Waals surface area (Å²) in [5, 5.41) is 4.66. The number of halogens is 1. The molecule has 0 radical (unpaired) electrons. The van der Waals surface area contributed by atoms with Crippen LogP contribution >= 0.6 is 22.9 Å². The van der Waals surface area contributed by atoms with Crippen molar-refractivity contribution < 1.29 is 9.59 Å². The van der Waals surface area contributed by atoms with Crippen molar-refractivity contribution in [2.45, 2.75) is 26.2 Å². The van der Waals surface area contributed by atoms with E-state index in [1.807, 2.05) is 30.3 Å². The van der Waals surface area contributed by atoms with Gasteiger partial charge in [0.1, 0.15) is 5.00 Å². The summed E-state index contributed by atoms with van der Waals surface area (Å²) in [6, 6.07) is 16.8. The maximum absolute atomic E-state index is 13.5. The lowest BCUT2D eigenvalue weighted by Gasteiger charge is -2.18. The Morgan fingerprint density at radius 1 is 1.15 bits per heavy atom. The first-order chi connectivity index (χ1) is 15.9. The lowest BCUT2D eigenvalue weighted by Crippen LogP contribution is -2.19. The summed E-state index contributed by atoms with van der Waals surface area (Å²) >= 11 is 7.69. The summed E-state index contributed by atoms with van der Waals surface area (Å²) in [7, 11) is 0. The van der Waals surface area contributed by atoms with Crippen molar-refractivity contribution in [2.24, 2.45) is 11.7 Å². The summed E-state index contributed by atoms with van der Waals surface area (Å²) in [4.78, 5) is 31.7. The fraction of sp³-hybridized carbons (Fsp3) is 0.192. The number of amides is 2. The highest BCUT2D eigenvalue weighted by Crippen LogP contribution is 2.40. The number of pyridine rings is 1. The van der Waals surface area contributed by atoms with E-state index in [-0.39, 0.29) is 5.91 Å². The van der Waals surface area contributed by atoms with Crippen molar-refractivity contribution in [1.82, 2.24) is 4.98 Å². The maximum Gasteiger partial charge on any atom is 0.257 e. The molecule has 1 aliphatic carbocycles. The van der Waals surface area contributed by atoms with E-state index in [2.05, 4.69) is 12.2 Å². The molecule has 5 nitrogen and oxygen atoms in total. The largest absolute Gasteiger partial charge is 0.365 e. The van der Waals surface area contributed by atoms with E-state index in [4.69, 9.17) is 22.3 Å². The Labute approximate surface area is 200 Å². The van der Waals surface area contributed by atoms with E-state index in [0.29, 0.717) is 43.7 Å². The third-order valence-corrected chi connectivity index (χ3v) is 7.47. The molecule has 3 N–H and O–H groups in total. The molecule has 2 aromatic heterocycles. The molecule has 0 spiro atoms. The number of aromatic nitrogens is 1. The van der Waals surface area contributed by atoms with Crippen LogP contribution in [0.3, 0.4) is 0 Å². The number of nitrogens with one attached hydrogen (secondary N) is 1. The van der Waals surface area contributed by atoms with Crippen LogP contribution in [0.15, 0.2) is 54.6 Å². The number of anilines is 1. The van der Waals surface area contributed by atoms with Crippen molar-refractivity contribution >= 4 is 50.7 Å². The molecule has 4 aromatic rings. The van der Waals surface area contributed by atoms with Crippen molar-refractivity contribution in [2.75, 3.05) is 5.32 Å². The summed E-state index contributed by atoms with van der Waals surface area (Å²) in [6.45, 7) is 2.20. The first-order valence-electron chi connectivity index (χ1n) is 10.8. The topological polar surface area (TPSA) is 85.1 Å². The van der Waals surface area contributed by atoms with Crippen molar-refractivity contribution in [1.29, 1.82) is 0 Å². The molecule has 1 atom stereocenters. The van der Waals surface area contributed by atoms with Gasteiger partial charge in [-0.2, -0.15) is 0 Å². The van der Waals surface area contributed by atoms with Crippen molar-refractivity contribution in [3.63, 3.8) is 0 Å². The van der Waals surface area contributed by atoms with E-state index in [0.717, 1.165) is 35.3 Å². The second kappa shape index (κ2) is 8.61. The van der Waals surface area contributed by atoms with Gasteiger partial charge in [-0.3, -0.25) is 9.59 Å². The van der Waals surface area contributed by atoms with E-state index >= 15 is 0 Å². The van der Waals surface area contributed by atoms with Crippen LogP contribution in [-0.4, -0.2) is 16.8 Å². The van der Waals surface area contributed by atoms with Gasteiger partial charge in [-0.1, -0.05) is 48.9 Å². The van der Waals surface area contributed by atoms with E-state index in [1.54, 1.807) is 24.3 Å². The summed E-state index contributed by atoms with van der Waals surface area (Å²) in [5.74, 6) is -0.291. The molecule has 0 saturated heterocycles. The van der Waals surface area contributed by atoms with Crippen LogP contribution in [0.2, 0.25) is 5.02 Å². The predicted molar refractivity (Wildman–Crippen MR) is 134 cm³/mol. The number of nitrogens with zero attached hydrogens (tertiary/aromatic N) is 1. The number of thiophene rings is 1. The molecular formula is C26H22ClN3O2S. The Kier molecular flexibility index (Phi) is 5.64. The third-order valence-electron chi connectivity index (χ3n) is 6.07. The Morgan fingerprint density at radius 3 is 2.70 bits per heavy atom. The molecule has 2 aromatic carbocycles. The predicted octanol–water partition coefficient (Wildman–Crippen LogP) is 6.09. The fourth-order valence-electron chi connectivity index (χ4n) is 4.41. The summed E-state index contributed by atoms with van der Waals surface area (Å²) in [5.41, 5.74) is 9.85. The number of fused-ring (bicyclic) bond motifs is 2. The Bertz CT molecular complexity index is 1400. The van der Waals surface area contributed by atoms with Gasteiger partial charge in [-0.05, 0) is 55.0 Å². The molecular weight excluding hydrogens is 454 g/mol. The van der Waals surface area contributed by atoms with Crippen LogP contribution in [0.4, 0.5) is 5.00 Å². The number of benzene rings is 2. The molecule has 1 unspecified atom stereocenters. The number of primary amides is 1.